The first-order valence-corrected chi connectivity index (χ1v) is 12.4. The second-order valence-corrected chi connectivity index (χ2v) is 9.36. The fourth-order valence-electron chi connectivity index (χ4n) is 3.54. The number of H-pyrrole nitrogens is 1. The highest BCUT2D eigenvalue weighted by Gasteiger charge is 2.22. The van der Waals surface area contributed by atoms with Gasteiger partial charge in [-0.25, -0.2) is 4.98 Å². The van der Waals surface area contributed by atoms with Gasteiger partial charge < -0.3 is 19.8 Å². The van der Waals surface area contributed by atoms with Crippen LogP contribution in [0.3, 0.4) is 0 Å². The van der Waals surface area contributed by atoms with Crippen LogP contribution in [-0.4, -0.2) is 35.3 Å². The highest BCUT2D eigenvalue weighted by molar-refractivity contribution is 8.00. The zero-order valence-corrected chi connectivity index (χ0v) is 21.2. The van der Waals surface area contributed by atoms with E-state index >= 15 is 0 Å². The predicted molar refractivity (Wildman–Crippen MR) is 143 cm³/mol. The molecule has 1 aromatic heterocycles. The van der Waals surface area contributed by atoms with Crippen molar-refractivity contribution in [3.63, 3.8) is 0 Å². The lowest BCUT2D eigenvalue weighted by molar-refractivity contribution is -0.115. The Hall–Kier alpha value is -3.42. The number of rotatable bonds is 9. The van der Waals surface area contributed by atoms with Gasteiger partial charge in [-0.05, 0) is 79.2 Å². The van der Waals surface area contributed by atoms with E-state index in [9.17, 15) is 4.79 Å². The smallest absolute Gasteiger partial charge is 0.237 e. The molecule has 8 heteroatoms. The molecule has 1 unspecified atom stereocenters. The number of aromatic amines is 1. The standard InChI is InChI=1S/C27H26ClN3O3S/c1-4-23(26(32)29-20-11-9-19(28)10-12-20)35-27-30-24(17-5-13-21(33-2)14-6-17)25(31-27)18-7-15-22(34-3)16-8-18/h5-16,23H,4H2,1-3H3,(H,29,32)(H,30,31). The van der Waals surface area contributed by atoms with Crippen LogP contribution in [0.1, 0.15) is 13.3 Å². The highest BCUT2D eigenvalue weighted by atomic mass is 35.5. The van der Waals surface area contributed by atoms with Crippen molar-refractivity contribution in [2.24, 2.45) is 0 Å². The summed E-state index contributed by atoms with van der Waals surface area (Å²) in [6.07, 6.45) is 0.639. The number of halogens is 1. The zero-order chi connectivity index (χ0) is 24.8. The first-order valence-electron chi connectivity index (χ1n) is 11.1. The van der Waals surface area contributed by atoms with Crippen molar-refractivity contribution in [1.29, 1.82) is 0 Å². The highest BCUT2D eigenvalue weighted by Crippen LogP contribution is 2.36. The molecule has 0 bridgehead atoms. The Kier molecular flexibility index (Phi) is 8.00. The van der Waals surface area contributed by atoms with E-state index < -0.39 is 0 Å². The summed E-state index contributed by atoms with van der Waals surface area (Å²) >= 11 is 7.36. The first kappa shape index (κ1) is 24.7. The third-order valence-corrected chi connectivity index (χ3v) is 6.95. The Morgan fingerprint density at radius 1 is 0.943 bits per heavy atom. The Morgan fingerprint density at radius 3 is 2.06 bits per heavy atom. The molecule has 6 nitrogen and oxygen atoms in total. The maximum absolute atomic E-state index is 13.0. The largest absolute Gasteiger partial charge is 0.497 e. The molecule has 0 saturated carbocycles. The Bertz CT molecular complexity index is 1210. The minimum absolute atomic E-state index is 0.0896. The molecular weight excluding hydrogens is 482 g/mol. The van der Waals surface area contributed by atoms with Crippen LogP contribution in [0.5, 0.6) is 11.5 Å². The third kappa shape index (κ3) is 5.99. The molecule has 1 heterocycles. The number of methoxy groups -OCH3 is 2. The maximum Gasteiger partial charge on any atom is 0.237 e. The molecule has 4 aromatic rings. The molecule has 0 saturated heterocycles. The fourth-order valence-corrected chi connectivity index (χ4v) is 4.58. The summed E-state index contributed by atoms with van der Waals surface area (Å²) in [5, 5.41) is 3.92. The van der Waals surface area contributed by atoms with Gasteiger partial charge in [-0.1, -0.05) is 30.3 Å². The molecule has 35 heavy (non-hydrogen) atoms. The number of thioether (sulfide) groups is 1. The summed E-state index contributed by atoms with van der Waals surface area (Å²) in [7, 11) is 3.28. The van der Waals surface area contributed by atoms with Gasteiger partial charge in [0.25, 0.3) is 0 Å². The molecular formula is C27H26ClN3O3S. The van der Waals surface area contributed by atoms with Crippen molar-refractivity contribution in [2.75, 3.05) is 19.5 Å². The molecule has 1 atom stereocenters. The predicted octanol–water partition coefficient (Wildman–Crippen LogP) is 6.92. The van der Waals surface area contributed by atoms with Crippen LogP contribution < -0.4 is 14.8 Å². The molecule has 0 aliphatic carbocycles. The molecule has 0 fully saturated rings. The number of anilines is 1. The molecule has 1 amide bonds. The van der Waals surface area contributed by atoms with Crippen LogP contribution in [0.15, 0.2) is 78.0 Å². The number of hydrogen-bond donors (Lipinski definition) is 2. The van der Waals surface area contributed by atoms with E-state index in [4.69, 9.17) is 26.1 Å². The fraction of sp³-hybridized carbons (Fsp3) is 0.185. The summed E-state index contributed by atoms with van der Waals surface area (Å²) in [6.45, 7) is 1.98. The van der Waals surface area contributed by atoms with Gasteiger partial charge in [0.1, 0.15) is 11.5 Å². The van der Waals surface area contributed by atoms with Crippen molar-refractivity contribution in [1.82, 2.24) is 9.97 Å². The van der Waals surface area contributed by atoms with Gasteiger partial charge in [0.05, 0.1) is 30.9 Å². The van der Waals surface area contributed by atoms with Crippen LogP contribution in [0.4, 0.5) is 5.69 Å². The van der Waals surface area contributed by atoms with Gasteiger partial charge in [-0.2, -0.15) is 0 Å². The van der Waals surface area contributed by atoms with Crippen LogP contribution >= 0.6 is 23.4 Å². The number of nitrogens with one attached hydrogen (secondary N) is 2. The average molecular weight is 508 g/mol. The summed E-state index contributed by atoms with van der Waals surface area (Å²) in [5.74, 6) is 1.46. The topological polar surface area (TPSA) is 76.2 Å². The van der Waals surface area contributed by atoms with Crippen LogP contribution in [0, 0.1) is 0 Å². The normalized spacial score (nSPS) is 11.7. The third-order valence-electron chi connectivity index (χ3n) is 5.45. The average Bonchev–Trinajstić information content (AvgIpc) is 3.32. The van der Waals surface area contributed by atoms with Crippen molar-refractivity contribution < 1.29 is 14.3 Å². The Labute approximate surface area is 214 Å². The zero-order valence-electron chi connectivity index (χ0n) is 19.7. The molecule has 0 radical (unpaired) electrons. The van der Waals surface area contributed by atoms with E-state index in [1.807, 2.05) is 55.5 Å². The number of amides is 1. The monoisotopic (exact) mass is 507 g/mol. The molecule has 2 N–H and O–H groups in total. The van der Waals surface area contributed by atoms with Gasteiger partial charge in [-0.15, -0.1) is 0 Å². The van der Waals surface area contributed by atoms with Gasteiger partial charge in [-0.3, -0.25) is 4.79 Å². The van der Waals surface area contributed by atoms with E-state index in [0.717, 1.165) is 34.0 Å². The van der Waals surface area contributed by atoms with Crippen molar-refractivity contribution in [2.45, 2.75) is 23.8 Å². The van der Waals surface area contributed by atoms with E-state index in [2.05, 4.69) is 10.3 Å². The second kappa shape index (κ2) is 11.3. The van der Waals surface area contributed by atoms with Gasteiger partial charge >= 0.3 is 0 Å². The molecule has 3 aromatic carbocycles. The van der Waals surface area contributed by atoms with E-state index in [-0.39, 0.29) is 11.2 Å². The molecule has 4 rings (SSSR count). The lowest BCUT2D eigenvalue weighted by Gasteiger charge is -2.13. The Morgan fingerprint density at radius 2 is 1.51 bits per heavy atom. The molecule has 0 aliphatic rings. The lowest BCUT2D eigenvalue weighted by atomic mass is 10.0. The van der Waals surface area contributed by atoms with Crippen LogP contribution in [-0.2, 0) is 4.79 Å². The number of carbonyl (C=O) groups is 1. The van der Waals surface area contributed by atoms with Gasteiger partial charge in [0.15, 0.2) is 5.16 Å². The van der Waals surface area contributed by atoms with Crippen molar-refractivity contribution in [3.8, 4) is 34.0 Å². The molecule has 180 valence electrons. The number of hydrogen-bond acceptors (Lipinski definition) is 5. The number of imidazole rings is 1. The van der Waals surface area contributed by atoms with Crippen molar-refractivity contribution >= 4 is 35.0 Å². The van der Waals surface area contributed by atoms with E-state index in [1.54, 1.807) is 38.5 Å². The SMILES string of the molecule is CCC(Sc1nc(-c2ccc(OC)cc2)c(-c2ccc(OC)cc2)[nH]1)C(=O)Nc1ccc(Cl)cc1. The number of aromatic nitrogens is 2. The van der Waals surface area contributed by atoms with Crippen LogP contribution in [0.2, 0.25) is 5.02 Å². The molecule has 0 spiro atoms. The van der Waals surface area contributed by atoms with E-state index in [1.165, 1.54) is 11.8 Å². The van der Waals surface area contributed by atoms with Crippen LogP contribution in [0.25, 0.3) is 22.5 Å². The molecule has 0 aliphatic heterocycles. The first-order chi connectivity index (χ1) is 17.0. The number of nitrogens with zero attached hydrogens (tertiary/aromatic N) is 1. The Balaban J connectivity index is 1.63. The van der Waals surface area contributed by atoms with Crippen molar-refractivity contribution in [3.05, 3.63) is 77.8 Å². The summed E-state index contributed by atoms with van der Waals surface area (Å²) < 4.78 is 10.6. The minimum Gasteiger partial charge on any atom is -0.497 e. The summed E-state index contributed by atoms with van der Waals surface area (Å²) in [5.41, 5.74) is 4.28. The van der Waals surface area contributed by atoms with E-state index in [0.29, 0.717) is 22.3 Å². The number of carbonyl (C=O) groups excluding carboxylic acids is 1. The number of ether oxygens (including phenoxy) is 2. The summed E-state index contributed by atoms with van der Waals surface area (Å²) in [4.78, 5) is 21.3. The quantitative estimate of drug-likeness (QED) is 0.240. The summed E-state index contributed by atoms with van der Waals surface area (Å²) in [6, 6.07) is 22.6. The minimum atomic E-state index is -0.329. The number of benzene rings is 3. The van der Waals surface area contributed by atoms with Gasteiger partial charge in [0.2, 0.25) is 5.91 Å². The maximum atomic E-state index is 13.0. The second-order valence-electron chi connectivity index (χ2n) is 7.73. The van der Waals surface area contributed by atoms with Gasteiger partial charge in [0, 0.05) is 21.8 Å². The lowest BCUT2D eigenvalue weighted by Crippen LogP contribution is -2.24.